The number of benzene rings is 2. The van der Waals surface area contributed by atoms with Crippen molar-refractivity contribution in [3.05, 3.63) is 82.6 Å². The van der Waals surface area contributed by atoms with E-state index in [4.69, 9.17) is 22.1 Å². The van der Waals surface area contributed by atoms with E-state index in [1.807, 2.05) is 0 Å². The van der Waals surface area contributed by atoms with Crippen LogP contribution in [0, 0.1) is 6.92 Å². The number of rotatable bonds is 7. The highest BCUT2D eigenvalue weighted by molar-refractivity contribution is 6.30. The zero-order valence-corrected chi connectivity index (χ0v) is 20.3. The van der Waals surface area contributed by atoms with E-state index in [-0.39, 0.29) is 27.9 Å². The van der Waals surface area contributed by atoms with E-state index in [0.29, 0.717) is 16.8 Å². The molecule has 0 fully saturated rings. The molecule has 0 amide bonds. The Hall–Kier alpha value is -4.12. The maximum absolute atomic E-state index is 14.3. The Morgan fingerprint density at radius 3 is 2.41 bits per heavy atom. The first-order chi connectivity index (χ1) is 17.4. The molecule has 4 rings (SSSR count). The molecule has 37 heavy (non-hydrogen) atoms. The largest absolute Gasteiger partial charge is 0.481 e. The molecule has 0 aliphatic rings. The predicted octanol–water partition coefficient (Wildman–Crippen LogP) is 5.74. The van der Waals surface area contributed by atoms with Gasteiger partial charge in [0.15, 0.2) is 0 Å². The van der Waals surface area contributed by atoms with Gasteiger partial charge in [-0.1, -0.05) is 41.9 Å². The number of nitrogen functional groups attached to an aromatic ring is 1. The lowest BCUT2D eigenvalue weighted by atomic mass is 9.99. The summed E-state index contributed by atoms with van der Waals surface area (Å²) >= 11 is 6.08. The van der Waals surface area contributed by atoms with Gasteiger partial charge in [0.05, 0.1) is 23.0 Å². The van der Waals surface area contributed by atoms with E-state index in [9.17, 15) is 23.1 Å². The second-order valence-electron chi connectivity index (χ2n) is 8.28. The van der Waals surface area contributed by atoms with Crippen molar-refractivity contribution >= 4 is 23.5 Å². The van der Waals surface area contributed by atoms with Gasteiger partial charge in [0, 0.05) is 28.4 Å². The summed E-state index contributed by atoms with van der Waals surface area (Å²) in [5.41, 5.74) is 7.50. The molecular weight excluding hydrogens is 511 g/mol. The molecule has 8 nitrogen and oxygen atoms in total. The number of alkyl halides is 3. The number of aromatic nitrogens is 4. The highest BCUT2D eigenvalue weighted by atomic mass is 35.5. The van der Waals surface area contributed by atoms with Crippen LogP contribution in [0.5, 0.6) is 5.88 Å². The number of carboxylic acids is 1. The average Bonchev–Trinajstić information content (AvgIpc) is 3.27. The van der Waals surface area contributed by atoms with Crippen LogP contribution in [0.25, 0.3) is 16.9 Å². The van der Waals surface area contributed by atoms with Crippen molar-refractivity contribution in [3.8, 4) is 22.8 Å². The number of aryl methyl sites for hydroxylation is 1. The van der Waals surface area contributed by atoms with Gasteiger partial charge in [-0.15, -0.1) is 0 Å². The number of nitrogens with zero attached hydrogens (tertiary/aromatic N) is 4. The SMILES string of the molecule is Cc1ccn(-c2cc(Cl)ccc2C(Oc2cc(-c3ccc(C(C)C(=O)O)cc3)nc(N)n2)C(F)(F)F)n1. The summed E-state index contributed by atoms with van der Waals surface area (Å²) < 4.78 is 49.6. The Morgan fingerprint density at radius 1 is 1.11 bits per heavy atom. The first-order valence-corrected chi connectivity index (χ1v) is 11.3. The Bertz CT molecular complexity index is 1440. The van der Waals surface area contributed by atoms with E-state index >= 15 is 0 Å². The summed E-state index contributed by atoms with van der Waals surface area (Å²) in [6, 6.07) is 13.2. The number of hydrogen-bond donors (Lipinski definition) is 2. The lowest BCUT2D eigenvalue weighted by molar-refractivity contribution is -0.198. The van der Waals surface area contributed by atoms with Crippen LogP contribution in [0.4, 0.5) is 19.1 Å². The van der Waals surface area contributed by atoms with Gasteiger partial charge in [-0.2, -0.15) is 23.3 Å². The molecule has 0 bridgehead atoms. The van der Waals surface area contributed by atoms with Crippen molar-refractivity contribution in [1.29, 1.82) is 0 Å². The zero-order valence-electron chi connectivity index (χ0n) is 19.6. The van der Waals surface area contributed by atoms with Gasteiger partial charge >= 0.3 is 12.1 Å². The summed E-state index contributed by atoms with van der Waals surface area (Å²) in [5.74, 6) is -2.41. The third-order valence-corrected chi connectivity index (χ3v) is 5.81. The topological polar surface area (TPSA) is 116 Å². The minimum Gasteiger partial charge on any atom is -0.481 e. The van der Waals surface area contributed by atoms with E-state index in [2.05, 4.69) is 15.1 Å². The van der Waals surface area contributed by atoms with Crippen LogP contribution in [0.1, 0.15) is 35.8 Å². The lowest BCUT2D eigenvalue weighted by Crippen LogP contribution is -2.28. The van der Waals surface area contributed by atoms with Crippen molar-refractivity contribution in [2.24, 2.45) is 0 Å². The highest BCUT2D eigenvalue weighted by Crippen LogP contribution is 2.40. The molecule has 2 atom stereocenters. The number of aliphatic carboxylic acids is 1. The number of carboxylic acid groups (broad SMARTS) is 1. The van der Waals surface area contributed by atoms with Gasteiger partial charge < -0.3 is 15.6 Å². The minimum absolute atomic E-state index is 0.0910. The maximum atomic E-state index is 14.3. The van der Waals surface area contributed by atoms with Gasteiger partial charge in [-0.25, -0.2) is 9.67 Å². The number of ether oxygens (including phenoxy) is 1. The van der Waals surface area contributed by atoms with Crippen molar-refractivity contribution in [2.75, 3.05) is 5.73 Å². The first-order valence-electron chi connectivity index (χ1n) is 11.0. The number of halogens is 4. The van der Waals surface area contributed by atoms with E-state index in [0.717, 1.165) is 0 Å². The van der Waals surface area contributed by atoms with Crippen LogP contribution >= 0.6 is 11.6 Å². The van der Waals surface area contributed by atoms with Gasteiger partial charge in [0.1, 0.15) is 0 Å². The second kappa shape index (κ2) is 10.1. The average molecular weight is 532 g/mol. The molecule has 0 aliphatic carbocycles. The van der Waals surface area contributed by atoms with Crippen LogP contribution in [0.15, 0.2) is 60.8 Å². The van der Waals surface area contributed by atoms with E-state index in [1.165, 1.54) is 35.1 Å². The molecule has 0 aliphatic heterocycles. The maximum Gasteiger partial charge on any atom is 0.429 e. The van der Waals surface area contributed by atoms with Gasteiger partial charge in [0.25, 0.3) is 0 Å². The molecule has 2 unspecified atom stereocenters. The predicted molar refractivity (Wildman–Crippen MR) is 131 cm³/mol. The normalized spacial score (nSPS) is 13.2. The fourth-order valence-electron chi connectivity index (χ4n) is 3.65. The molecule has 2 aromatic heterocycles. The fraction of sp³-hybridized carbons (Fsp3) is 0.200. The summed E-state index contributed by atoms with van der Waals surface area (Å²) in [5, 5.41) is 13.6. The summed E-state index contributed by atoms with van der Waals surface area (Å²) in [6.45, 7) is 3.25. The standard InChI is InChI=1S/C25H21ClF3N5O3/c1-13-9-10-34(33-13)20-11-17(26)7-8-18(20)22(25(27,28)29)37-21-12-19(31-24(30)32-21)16-5-3-15(4-6-16)14(2)23(35)36/h3-12,14,22H,1-2H3,(H,35,36)(H2,30,31,32). The second-order valence-corrected chi connectivity index (χ2v) is 8.71. The quantitative estimate of drug-likeness (QED) is 0.312. The molecule has 3 N–H and O–H groups in total. The van der Waals surface area contributed by atoms with Crippen molar-refractivity contribution in [2.45, 2.75) is 32.0 Å². The monoisotopic (exact) mass is 531 g/mol. The van der Waals surface area contributed by atoms with Crippen LogP contribution in [0.3, 0.4) is 0 Å². The van der Waals surface area contributed by atoms with Gasteiger partial charge in [-0.3, -0.25) is 4.79 Å². The Kier molecular flexibility index (Phi) is 7.08. The third-order valence-electron chi connectivity index (χ3n) is 5.58. The molecule has 0 saturated carbocycles. The lowest BCUT2D eigenvalue weighted by Gasteiger charge is -2.24. The molecule has 12 heteroatoms. The number of anilines is 1. The Labute approximate surface area is 214 Å². The Balaban J connectivity index is 1.73. The fourth-order valence-corrected chi connectivity index (χ4v) is 3.82. The molecule has 192 valence electrons. The molecule has 0 saturated heterocycles. The van der Waals surface area contributed by atoms with Crippen molar-refractivity contribution in [1.82, 2.24) is 19.7 Å². The molecule has 0 spiro atoms. The van der Waals surface area contributed by atoms with Crippen LogP contribution in [-0.4, -0.2) is 37.0 Å². The third kappa shape index (κ3) is 5.83. The number of hydrogen-bond acceptors (Lipinski definition) is 6. The zero-order chi connectivity index (χ0) is 26.9. The van der Waals surface area contributed by atoms with Crippen molar-refractivity contribution in [3.63, 3.8) is 0 Å². The van der Waals surface area contributed by atoms with E-state index in [1.54, 1.807) is 44.2 Å². The molecular formula is C25H21ClF3N5O3. The highest BCUT2D eigenvalue weighted by Gasteiger charge is 2.45. The van der Waals surface area contributed by atoms with Crippen LogP contribution < -0.4 is 10.5 Å². The smallest absolute Gasteiger partial charge is 0.429 e. The first kappa shape index (κ1) is 26.0. The summed E-state index contributed by atoms with van der Waals surface area (Å²) in [7, 11) is 0. The molecule has 4 aromatic rings. The molecule has 2 heterocycles. The van der Waals surface area contributed by atoms with Gasteiger partial charge in [0.2, 0.25) is 17.9 Å². The van der Waals surface area contributed by atoms with Crippen molar-refractivity contribution < 1.29 is 27.8 Å². The van der Waals surface area contributed by atoms with Crippen LogP contribution in [-0.2, 0) is 4.79 Å². The number of nitrogens with two attached hydrogens (primary N) is 1. The summed E-state index contributed by atoms with van der Waals surface area (Å²) in [6.07, 6.45) is -5.74. The number of carbonyl (C=O) groups is 1. The molecule has 2 aromatic carbocycles. The molecule has 0 radical (unpaired) electrons. The Morgan fingerprint density at radius 2 is 1.81 bits per heavy atom. The minimum atomic E-state index is -4.83. The van der Waals surface area contributed by atoms with Gasteiger partial charge in [-0.05, 0) is 37.6 Å². The van der Waals surface area contributed by atoms with E-state index < -0.39 is 30.0 Å². The van der Waals surface area contributed by atoms with Crippen LogP contribution in [0.2, 0.25) is 5.02 Å². The summed E-state index contributed by atoms with van der Waals surface area (Å²) in [4.78, 5) is 19.2.